The molecule has 1 heterocycles. The van der Waals surface area contributed by atoms with Gasteiger partial charge in [-0.25, -0.2) is 0 Å². The largest absolute Gasteiger partial charge is 0.338 e. The van der Waals surface area contributed by atoms with Crippen molar-refractivity contribution >= 4 is 17.5 Å². The van der Waals surface area contributed by atoms with Crippen molar-refractivity contribution in [3.8, 4) is 0 Å². The zero-order valence-corrected chi connectivity index (χ0v) is 10.0. The van der Waals surface area contributed by atoms with Gasteiger partial charge in [0.15, 0.2) is 0 Å². The zero-order valence-electron chi connectivity index (χ0n) is 9.29. The smallest absolute Gasteiger partial charge is 0.222 e. The van der Waals surface area contributed by atoms with Gasteiger partial charge < -0.3 is 4.90 Å². The molecule has 2 nitrogen and oxygen atoms in total. The Morgan fingerprint density at radius 3 is 2.62 bits per heavy atom. The van der Waals surface area contributed by atoms with Crippen LogP contribution in [0.15, 0.2) is 24.3 Å². The molecule has 0 radical (unpaired) electrons. The zero-order chi connectivity index (χ0) is 11.4. The minimum absolute atomic E-state index is 0.285. The summed E-state index contributed by atoms with van der Waals surface area (Å²) in [6.07, 6.45) is 4.03. The molecular formula is C13H16ClNO. The Hall–Kier alpha value is -1.02. The minimum atomic E-state index is 0.285. The summed E-state index contributed by atoms with van der Waals surface area (Å²) < 4.78 is 0. The number of nitrogens with zero attached hydrogens (tertiary/aromatic N) is 1. The third-order valence-electron chi connectivity index (χ3n) is 2.96. The van der Waals surface area contributed by atoms with Crippen LogP contribution in [-0.4, -0.2) is 17.4 Å². The van der Waals surface area contributed by atoms with E-state index in [-0.39, 0.29) is 5.91 Å². The molecule has 0 aliphatic carbocycles. The van der Waals surface area contributed by atoms with Crippen LogP contribution in [0.2, 0.25) is 5.02 Å². The van der Waals surface area contributed by atoms with E-state index in [0.29, 0.717) is 6.42 Å². The average Bonchev–Trinajstić information content (AvgIpc) is 2.48. The molecule has 0 bridgehead atoms. The summed E-state index contributed by atoms with van der Waals surface area (Å²) in [6, 6.07) is 7.72. The van der Waals surface area contributed by atoms with Gasteiger partial charge in [-0.3, -0.25) is 4.79 Å². The first kappa shape index (κ1) is 11.5. The van der Waals surface area contributed by atoms with E-state index in [9.17, 15) is 4.79 Å². The summed E-state index contributed by atoms with van der Waals surface area (Å²) in [4.78, 5) is 13.7. The van der Waals surface area contributed by atoms with Crippen LogP contribution in [0.5, 0.6) is 0 Å². The molecule has 16 heavy (non-hydrogen) atoms. The SMILES string of the molecule is O=C1CCCCCN1Cc1ccc(Cl)cc1. The maximum atomic E-state index is 11.8. The monoisotopic (exact) mass is 237 g/mol. The van der Waals surface area contributed by atoms with Crippen molar-refractivity contribution in [2.24, 2.45) is 0 Å². The molecule has 1 aromatic rings. The molecule has 0 unspecified atom stereocenters. The molecule has 1 amide bonds. The van der Waals surface area contributed by atoms with Gasteiger partial charge in [0, 0.05) is 24.5 Å². The van der Waals surface area contributed by atoms with E-state index < -0.39 is 0 Å². The molecule has 1 fully saturated rings. The first-order valence-corrected chi connectivity index (χ1v) is 6.16. The lowest BCUT2D eigenvalue weighted by atomic mass is 10.2. The van der Waals surface area contributed by atoms with Gasteiger partial charge in [0.1, 0.15) is 0 Å². The van der Waals surface area contributed by atoms with Gasteiger partial charge >= 0.3 is 0 Å². The van der Waals surface area contributed by atoms with Gasteiger partial charge in [-0.05, 0) is 30.5 Å². The van der Waals surface area contributed by atoms with Crippen molar-refractivity contribution in [1.29, 1.82) is 0 Å². The van der Waals surface area contributed by atoms with Crippen molar-refractivity contribution in [3.63, 3.8) is 0 Å². The number of carbonyl (C=O) groups is 1. The summed E-state index contributed by atoms with van der Waals surface area (Å²) in [6.45, 7) is 1.61. The van der Waals surface area contributed by atoms with Crippen LogP contribution < -0.4 is 0 Å². The van der Waals surface area contributed by atoms with Crippen molar-refractivity contribution in [2.75, 3.05) is 6.54 Å². The molecule has 2 rings (SSSR count). The lowest BCUT2D eigenvalue weighted by Crippen LogP contribution is -2.29. The lowest BCUT2D eigenvalue weighted by molar-refractivity contribution is -0.131. The molecule has 0 spiro atoms. The Labute approximate surface area is 101 Å². The Morgan fingerprint density at radius 2 is 1.88 bits per heavy atom. The number of hydrogen-bond donors (Lipinski definition) is 0. The fourth-order valence-electron chi connectivity index (χ4n) is 2.02. The molecular weight excluding hydrogens is 222 g/mol. The van der Waals surface area contributed by atoms with E-state index in [1.54, 1.807) is 0 Å². The average molecular weight is 238 g/mol. The predicted molar refractivity (Wildman–Crippen MR) is 65.3 cm³/mol. The molecule has 0 N–H and O–H groups in total. The molecule has 86 valence electrons. The van der Waals surface area contributed by atoms with Gasteiger partial charge in [0.25, 0.3) is 0 Å². The quantitative estimate of drug-likeness (QED) is 0.773. The summed E-state index contributed by atoms with van der Waals surface area (Å²) in [7, 11) is 0. The molecule has 1 aliphatic rings. The lowest BCUT2D eigenvalue weighted by Gasteiger charge is -2.20. The Balaban J connectivity index is 2.02. The van der Waals surface area contributed by atoms with Crippen LogP contribution in [-0.2, 0) is 11.3 Å². The second kappa shape index (κ2) is 5.35. The normalized spacial score (nSPS) is 17.3. The summed E-state index contributed by atoms with van der Waals surface area (Å²) in [5.41, 5.74) is 1.15. The van der Waals surface area contributed by atoms with E-state index in [1.165, 1.54) is 6.42 Å². The molecule has 0 saturated carbocycles. The number of carbonyl (C=O) groups excluding carboxylic acids is 1. The van der Waals surface area contributed by atoms with Crippen LogP contribution in [0.4, 0.5) is 0 Å². The summed E-state index contributed by atoms with van der Waals surface area (Å²) >= 11 is 5.83. The summed E-state index contributed by atoms with van der Waals surface area (Å²) in [5, 5.41) is 0.742. The first-order chi connectivity index (χ1) is 7.75. The molecule has 1 aliphatic heterocycles. The van der Waals surface area contributed by atoms with Gasteiger partial charge in [-0.1, -0.05) is 30.2 Å². The molecule has 0 atom stereocenters. The molecule has 1 aromatic carbocycles. The van der Waals surface area contributed by atoms with Gasteiger partial charge in [0.05, 0.1) is 0 Å². The van der Waals surface area contributed by atoms with Crippen LogP contribution in [0.3, 0.4) is 0 Å². The second-order valence-corrected chi connectivity index (χ2v) is 4.69. The van der Waals surface area contributed by atoms with Crippen LogP contribution in [0.1, 0.15) is 31.2 Å². The molecule has 1 saturated heterocycles. The number of rotatable bonds is 2. The van der Waals surface area contributed by atoms with Crippen LogP contribution >= 0.6 is 11.6 Å². The van der Waals surface area contributed by atoms with Gasteiger partial charge in [0.2, 0.25) is 5.91 Å². The second-order valence-electron chi connectivity index (χ2n) is 4.25. The van der Waals surface area contributed by atoms with Crippen molar-refractivity contribution in [2.45, 2.75) is 32.2 Å². The maximum Gasteiger partial charge on any atom is 0.222 e. The third-order valence-corrected chi connectivity index (χ3v) is 3.21. The Bertz CT molecular complexity index is 361. The van der Waals surface area contributed by atoms with E-state index in [0.717, 1.165) is 36.5 Å². The highest BCUT2D eigenvalue weighted by Crippen LogP contribution is 2.16. The maximum absolute atomic E-state index is 11.8. The van der Waals surface area contributed by atoms with E-state index in [1.807, 2.05) is 29.2 Å². The molecule has 0 aromatic heterocycles. The highest BCUT2D eigenvalue weighted by Gasteiger charge is 2.16. The molecule has 3 heteroatoms. The number of amides is 1. The van der Waals surface area contributed by atoms with Gasteiger partial charge in [-0.2, -0.15) is 0 Å². The fraction of sp³-hybridized carbons (Fsp3) is 0.462. The van der Waals surface area contributed by atoms with E-state index >= 15 is 0 Å². The standard InChI is InChI=1S/C13H16ClNO/c14-12-7-5-11(6-8-12)10-15-9-3-1-2-4-13(15)16/h5-8H,1-4,9-10H2. The summed E-state index contributed by atoms with van der Waals surface area (Å²) in [5.74, 6) is 0.285. The highest BCUT2D eigenvalue weighted by atomic mass is 35.5. The number of halogens is 1. The topological polar surface area (TPSA) is 20.3 Å². The minimum Gasteiger partial charge on any atom is -0.338 e. The third kappa shape index (κ3) is 2.99. The Morgan fingerprint density at radius 1 is 1.12 bits per heavy atom. The van der Waals surface area contributed by atoms with E-state index in [2.05, 4.69) is 0 Å². The highest BCUT2D eigenvalue weighted by molar-refractivity contribution is 6.30. The van der Waals surface area contributed by atoms with Crippen LogP contribution in [0, 0.1) is 0 Å². The Kier molecular flexibility index (Phi) is 3.83. The number of hydrogen-bond acceptors (Lipinski definition) is 1. The van der Waals surface area contributed by atoms with Crippen LogP contribution in [0.25, 0.3) is 0 Å². The number of benzene rings is 1. The van der Waals surface area contributed by atoms with Crippen molar-refractivity contribution in [1.82, 2.24) is 4.90 Å². The predicted octanol–water partition coefficient (Wildman–Crippen LogP) is 3.24. The van der Waals surface area contributed by atoms with Crippen molar-refractivity contribution < 1.29 is 4.79 Å². The van der Waals surface area contributed by atoms with E-state index in [4.69, 9.17) is 11.6 Å². The number of likely N-dealkylation sites (tertiary alicyclic amines) is 1. The fourth-order valence-corrected chi connectivity index (χ4v) is 2.14. The van der Waals surface area contributed by atoms with Crippen molar-refractivity contribution in [3.05, 3.63) is 34.9 Å². The van der Waals surface area contributed by atoms with Gasteiger partial charge in [-0.15, -0.1) is 0 Å². The first-order valence-electron chi connectivity index (χ1n) is 5.78.